The standard InChI is InChI=1S/C18H14F7NO2S.C5H10N2O2.C2H2/c19-13-4-6-14(7-5-13)29(28)26-9-1-2-11-10-12(3-8-15(11)26)16(27,17(20,21)22)18(23,24)25;1-3(5(6)9)7-4(2)8;1-2/h3-8,10,27H,1-2,9H2;3H,1-2H3,(H2,6,9)(H,7,8);1-2H/t;3-;/m.0./s1. The lowest BCUT2D eigenvalue weighted by Gasteiger charge is -2.35. The summed E-state index contributed by atoms with van der Waals surface area (Å²) in [4.78, 5) is 20.7. The number of primary amides is 1. The fourth-order valence-electron chi connectivity index (χ4n) is 3.50. The van der Waals surface area contributed by atoms with Gasteiger partial charge in [-0.05, 0) is 55.7 Å². The number of benzene rings is 2. The molecule has 1 heterocycles. The molecular formula is C25H26F7N3O4S. The molecule has 1 aliphatic rings. The molecule has 0 aromatic heterocycles. The van der Waals surface area contributed by atoms with Crippen LogP contribution in [-0.4, -0.2) is 46.1 Å². The van der Waals surface area contributed by atoms with E-state index in [9.17, 15) is 49.6 Å². The summed E-state index contributed by atoms with van der Waals surface area (Å²) in [6, 6.07) is 6.32. The lowest BCUT2D eigenvalue weighted by atomic mass is 9.89. The molecule has 2 aromatic rings. The van der Waals surface area contributed by atoms with Gasteiger partial charge in [0.2, 0.25) is 11.8 Å². The topological polar surface area (TPSA) is 113 Å². The lowest BCUT2D eigenvalue weighted by molar-refractivity contribution is -0.376. The number of amides is 2. The summed E-state index contributed by atoms with van der Waals surface area (Å²) in [5.41, 5.74) is -1.26. The number of nitrogens with one attached hydrogen (secondary N) is 1. The third kappa shape index (κ3) is 7.95. The monoisotopic (exact) mass is 597 g/mol. The van der Waals surface area contributed by atoms with Crippen molar-refractivity contribution >= 4 is 28.5 Å². The Morgan fingerprint density at radius 2 is 1.57 bits per heavy atom. The number of alkyl halides is 6. The zero-order valence-corrected chi connectivity index (χ0v) is 22.0. The Balaban J connectivity index is 0.000000621. The Morgan fingerprint density at radius 1 is 1.05 bits per heavy atom. The van der Waals surface area contributed by atoms with Gasteiger partial charge in [0.15, 0.2) is 11.0 Å². The molecule has 3 rings (SSSR count). The molecule has 1 unspecified atom stereocenters. The van der Waals surface area contributed by atoms with E-state index in [2.05, 4.69) is 18.2 Å². The summed E-state index contributed by atoms with van der Waals surface area (Å²) in [6.07, 6.45) is -3.50. The molecule has 0 fully saturated rings. The minimum atomic E-state index is -5.98. The number of aliphatic hydroxyl groups is 1. The van der Waals surface area contributed by atoms with Gasteiger partial charge >= 0.3 is 12.4 Å². The summed E-state index contributed by atoms with van der Waals surface area (Å²) in [5, 5.41) is 11.9. The Morgan fingerprint density at radius 3 is 2.00 bits per heavy atom. The molecule has 0 saturated heterocycles. The van der Waals surface area contributed by atoms with Gasteiger partial charge in [0.05, 0.1) is 10.6 Å². The number of carbonyl (C=O) groups excluding carboxylic acids is 2. The Bertz CT molecular complexity index is 1220. The van der Waals surface area contributed by atoms with Gasteiger partial charge in [0.25, 0.3) is 5.60 Å². The summed E-state index contributed by atoms with van der Waals surface area (Å²) < 4.78 is 106. The third-order valence-electron chi connectivity index (χ3n) is 5.46. The fourth-order valence-corrected chi connectivity index (χ4v) is 4.78. The second kappa shape index (κ2) is 13.6. The van der Waals surface area contributed by atoms with E-state index in [1.165, 1.54) is 30.3 Å². The maximum Gasteiger partial charge on any atom is 0.430 e. The van der Waals surface area contributed by atoms with Gasteiger partial charge in [-0.25, -0.2) is 8.60 Å². The van der Waals surface area contributed by atoms with Crippen LogP contribution in [0.25, 0.3) is 0 Å². The van der Waals surface area contributed by atoms with E-state index in [0.29, 0.717) is 18.6 Å². The smallest absolute Gasteiger partial charge is 0.369 e. The first-order chi connectivity index (χ1) is 18.4. The molecule has 2 aromatic carbocycles. The number of terminal acetylenes is 1. The highest BCUT2D eigenvalue weighted by molar-refractivity contribution is 7.86. The van der Waals surface area contributed by atoms with E-state index in [1.807, 2.05) is 0 Å². The van der Waals surface area contributed by atoms with Crippen LogP contribution in [0.3, 0.4) is 0 Å². The largest absolute Gasteiger partial charge is 0.430 e. The SMILES string of the molecule is C#C.CC(=O)N[C@@H](C)C(N)=O.O=S(c1ccc(F)cc1)N1CCCc2cc(C(O)(C(F)(F)F)C(F)(F)F)ccc21. The number of carbonyl (C=O) groups is 2. The molecule has 0 bridgehead atoms. The van der Waals surface area contributed by atoms with E-state index in [1.54, 1.807) is 0 Å². The number of aryl methyl sites for hydroxylation is 1. The number of nitrogens with two attached hydrogens (primary N) is 1. The van der Waals surface area contributed by atoms with Gasteiger partial charge in [-0.2, -0.15) is 26.3 Å². The van der Waals surface area contributed by atoms with Crippen molar-refractivity contribution in [3.05, 3.63) is 59.4 Å². The zero-order chi connectivity index (χ0) is 31.1. The number of nitrogens with zero attached hydrogens (tertiary/aromatic N) is 1. The molecule has 1 aliphatic heterocycles. The van der Waals surface area contributed by atoms with Gasteiger partial charge in [-0.15, -0.1) is 12.8 Å². The Hall–Kier alpha value is -3.64. The molecule has 220 valence electrons. The van der Waals surface area contributed by atoms with Crippen LogP contribution in [0, 0.1) is 18.7 Å². The molecule has 0 radical (unpaired) electrons. The van der Waals surface area contributed by atoms with E-state index in [0.717, 1.165) is 18.2 Å². The number of hydrogen-bond donors (Lipinski definition) is 3. The van der Waals surface area contributed by atoms with Crippen molar-refractivity contribution in [1.82, 2.24) is 5.32 Å². The molecule has 15 heteroatoms. The van der Waals surface area contributed by atoms with Gasteiger partial charge in [0.1, 0.15) is 11.9 Å². The maximum absolute atomic E-state index is 13.1. The molecule has 40 heavy (non-hydrogen) atoms. The van der Waals surface area contributed by atoms with Crippen molar-refractivity contribution in [3.8, 4) is 12.8 Å². The molecule has 0 aliphatic carbocycles. The van der Waals surface area contributed by atoms with Crippen LogP contribution in [0.5, 0.6) is 0 Å². The van der Waals surface area contributed by atoms with E-state index in [4.69, 9.17) is 5.73 Å². The van der Waals surface area contributed by atoms with Gasteiger partial charge in [-0.3, -0.25) is 13.9 Å². The maximum atomic E-state index is 13.1. The highest BCUT2D eigenvalue weighted by atomic mass is 32.2. The predicted octanol–water partition coefficient (Wildman–Crippen LogP) is 3.86. The fraction of sp³-hybridized carbons (Fsp3) is 0.360. The first-order valence-corrected chi connectivity index (χ1v) is 12.3. The van der Waals surface area contributed by atoms with Gasteiger partial charge in [0, 0.05) is 19.0 Å². The van der Waals surface area contributed by atoms with Crippen LogP contribution in [0.15, 0.2) is 47.4 Å². The van der Waals surface area contributed by atoms with E-state index >= 15 is 0 Å². The Kier molecular flexibility index (Phi) is 11.7. The minimum Gasteiger partial charge on any atom is -0.369 e. The highest BCUT2D eigenvalue weighted by Crippen LogP contribution is 2.50. The van der Waals surface area contributed by atoms with E-state index < -0.39 is 52.3 Å². The average Bonchev–Trinajstić information content (AvgIpc) is 2.87. The second-order valence-corrected chi connectivity index (χ2v) is 9.69. The molecular weight excluding hydrogens is 571 g/mol. The van der Waals surface area contributed by atoms with Crippen LogP contribution >= 0.6 is 0 Å². The first-order valence-electron chi connectivity index (χ1n) is 11.2. The van der Waals surface area contributed by atoms with Crippen molar-refractivity contribution in [2.75, 3.05) is 10.8 Å². The molecule has 2 amide bonds. The molecule has 4 N–H and O–H groups in total. The van der Waals surface area contributed by atoms with Crippen molar-refractivity contribution in [1.29, 1.82) is 0 Å². The number of halogens is 7. The molecule has 7 nitrogen and oxygen atoms in total. The van der Waals surface area contributed by atoms with Crippen molar-refractivity contribution in [2.24, 2.45) is 5.73 Å². The number of hydrogen-bond acceptors (Lipinski definition) is 4. The van der Waals surface area contributed by atoms with Crippen LogP contribution < -0.4 is 15.4 Å². The van der Waals surface area contributed by atoms with Gasteiger partial charge < -0.3 is 16.2 Å². The average molecular weight is 598 g/mol. The quantitative estimate of drug-likeness (QED) is 0.359. The van der Waals surface area contributed by atoms with Crippen LogP contribution in [0.4, 0.5) is 36.4 Å². The zero-order valence-electron chi connectivity index (χ0n) is 21.1. The van der Waals surface area contributed by atoms with Crippen molar-refractivity contribution < 1.29 is 49.6 Å². The molecule has 2 atom stereocenters. The van der Waals surface area contributed by atoms with Crippen LogP contribution in [0.2, 0.25) is 0 Å². The minimum absolute atomic E-state index is 0.0936. The summed E-state index contributed by atoms with van der Waals surface area (Å²) in [6.45, 7) is 3.10. The van der Waals surface area contributed by atoms with Crippen LogP contribution in [0.1, 0.15) is 31.4 Å². The Labute approximate surface area is 228 Å². The van der Waals surface area contributed by atoms with Gasteiger partial charge in [-0.1, -0.05) is 12.1 Å². The summed E-state index contributed by atoms with van der Waals surface area (Å²) >= 11 is 0. The second-order valence-electron chi connectivity index (χ2n) is 8.28. The highest BCUT2D eigenvalue weighted by Gasteiger charge is 2.71. The normalized spacial score (nSPS) is 14.8. The lowest BCUT2D eigenvalue weighted by Crippen LogP contribution is -2.54. The number of fused-ring (bicyclic) bond motifs is 1. The summed E-state index contributed by atoms with van der Waals surface area (Å²) in [5.74, 6) is -1.32. The first kappa shape index (κ1) is 34.4. The molecule has 0 saturated carbocycles. The predicted molar refractivity (Wildman–Crippen MR) is 133 cm³/mol. The number of rotatable bonds is 5. The third-order valence-corrected chi connectivity index (χ3v) is 6.91. The van der Waals surface area contributed by atoms with Crippen LogP contribution in [-0.2, 0) is 32.6 Å². The van der Waals surface area contributed by atoms with E-state index in [-0.39, 0.29) is 35.0 Å². The van der Waals surface area contributed by atoms with Crippen molar-refractivity contribution in [2.45, 2.75) is 55.6 Å². The number of anilines is 1. The van der Waals surface area contributed by atoms with Crippen molar-refractivity contribution in [3.63, 3.8) is 0 Å². The summed E-state index contributed by atoms with van der Waals surface area (Å²) in [7, 11) is -1.84. The molecule has 0 spiro atoms.